The maximum absolute atomic E-state index is 13.7. The van der Waals surface area contributed by atoms with Crippen molar-refractivity contribution in [1.82, 2.24) is 9.88 Å². The van der Waals surface area contributed by atoms with Crippen molar-refractivity contribution in [3.8, 4) is 5.75 Å². The number of phenolic OH excluding ortho intramolecular Hbond substituents is 1. The van der Waals surface area contributed by atoms with E-state index in [0.29, 0.717) is 17.1 Å². The number of carbonyl (C=O) groups excluding carboxylic acids is 2. The van der Waals surface area contributed by atoms with Crippen molar-refractivity contribution in [1.29, 1.82) is 0 Å². The Morgan fingerprint density at radius 1 is 0.969 bits per heavy atom. The molecule has 6 nitrogen and oxygen atoms in total. The second-order valence-corrected chi connectivity index (χ2v) is 8.56. The van der Waals surface area contributed by atoms with E-state index in [2.05, 4.69) is 4.98 Å². The number of hydrogen-bond donors (Lipinski definition) is 2. The van der Waals surface area contributed by atoms with Crippen molar-refractivity contribution in [2.45, 2.75) is 18.5 Å². The third-order valence-corrected chi connectivity index (χ3v) is 6.57. The molecule has 32 heavy (non-hydrogen) atoms. The number of rotatable bonds is 2. The normalized spacial score (nSPS) is 20.0. The Kier molecular flexibility index (Phi) is 4.07. The fourth-order valence-electron chi connectivity index (χ4n) is 4.94. The zero-order valence-electron chi connectivity index (χ0n) is 16.8. The summed E-state index contributed by atoms with van der Waals surface area (Å²) in [7, 11) is 0. The number of para-hydroxylation sites is 1. The minimum atomic E-state index is -0.641. The number of anilines is 1. The number of hydrogen-bond acceptors (Lipinski definition) is 3. The second kappa shape index (κ2) is 6.87. The number of halogens is 1. The van der Waals surface area contributed by atoms with Crippen molar-refractivity contribution >= 4 is 40.1 Å². The molecule has 2 atom stereocenters. The van der Waals surface area contributed by atoms with Gasteiger partial charge in [-0.3, -0.25) is 9.69 Å². The van der Waals surface area contributed by atoms with E-state index in [0.717, 1.165) is 27.7 Å². The third-order valence-electron chi connectivity index (χ3n) is 6.32. The van der Waals surface area contributed by atoms with Crippen LogP contribution in [0.25, 0.3) is 10.9 Å². The summed E-state index contributed by atoms with van der Waals surface area (Å²) < 4.78 is 0. The molecule has 0 spiro atoms. The van der Waals surface area contributed by atoms with Crippen molar-refractivity contribution in [2.24, 2.45) is 0 Å². The van der Waals surface area contributed by atoms with Crippen LogP contribution in [0.15, 0.2) is 72.8 Å². The molecule has 1 aromatic heterocycles. The van der Waals surface area contributed by atoms with E-state index in [1.807, 2.05) is 30.3 Å². The minimum Gasteiger partial charge on any atom is -0.508 e. The number of phenols is 1. The van der Waals surface area contributed by atoms with Gasteiger partial charge in [0.15, 0.2) is 0 Å². The fourth-order valence-corrected chi connectivity index (χ4v) is 5.07. The molecule has 1 saturated heterocycles. The maximum Gasteiger partial charge on any atom is 0.332 e. The van der Waals surface area contributed by atoms with Crippen molar-refractivity contribution in [3.63, 3.8) is 0 Å². The molecule has 3 aromatic carbocycles. The summed E-state index contributed by atoms with van der Waals surface area (Å²) >= 11 is 6.01. The molecule has 2 N–H and O–H groups in total. The highest BCUT2D eigenvalue weighted by molar-refractivity contribution is 6.30. The summed E-state index contributed by atoms with van der Waals surface area (Å²) in [5, 5.41) is 11.7. The minimum absolute atomic E-state index is 0.106. The van der Waals surface area contributed by atoms with Gasteiger partial charge in [-0.1, -0.05) is 41.9 Å². The lowest BCUT2D eigenvalue weighted by Crippen LogP contribution is -2.44. The number of H-pyrrole nitrogens is 1. The van der Waals surface area contributed by atoms with Gasteiger partial charge in [-0.15, -0.1) is 0 Å². The summed E-state index contributed by atoms with van der Waals surface area (Å²) in [6, 6.07) is 19.9. The van der Waals surface area contributed by atoms with E-state index in [-0.39, 0.29) is 17.7 Å². The Hall–Kier alpha value is -3.77. The number of imide groups is 1. The largest absolute Gasteiger partial charge is 0.508 e. The van der Waals surface area contributed by atoms with Gasteiger partial charge in [0.25, 0.3) is 5.91 Å². The molecule has 4 aromatic rings. The van der Waals surface area contributed by atoms with Gasteiger partial charge in [0, 0.05) is 28.0 Å². The average molecular weight is 444 g/mol. The fraction of sp³-hybridized carbons (Fsp3) is 0.120. The zero-order chi connectivity index (χ0) is 22.0. The van der Waals surface area contributed by atoms with Crippen molar-refractivity contribution in [2.75, 3.05) is 4.90 Å². The van der Waals surface area contributed by atoms with Crippen LogP contribution in [0.1, 0.15) is 22.9 Å². The van der Waals surface area contributed by atoms with Gasteiger partial charge < -0.3 is 10.1 Å². The van der Waals surface area contributed by atoms with Gasteiger partial charge in [-0.2, -0.15) is 0 Å². The lowest BCUT2D eigenvalue weighted by atomic mass is 9.89. The predicted octanol–water partition coefficient (Wildman–Crippen LogP) is 5.01. The first-order chi connectivity index (χ1) is 15.5. The number of urea groups is 1. The Labute approximate surface area is 188 Å². The monoisotopic (exact) mass is 443 g/mol. The van der Waals surface area contributed by atoms with Crippen molar-refractivity contribution < 1.29 is 14.7 Å². The number of nitrogens with zero attached hydrogens (tertiary/aromatic N) is 2. The zero-order valence-corrected chi connectivity index (χ0v) is 17.6. The van der Waals surface area contributed by atoms with Crippen LogP contribution < -0.4 is 4.90 Å². The lowest BCUT2D eigenvalue weighted by Gasteiger charge is -2.36. The van der Waals surface area contributed by atoms with E-state index in [1.54, 1.807) is 47.4 Å². The summed E-state index contributed by atoms with van der Waals surface area (Å²) in [5.41, 5.74) is 4.07. The Morgan fingerprint density at radius 2 is 1.75 bits per heavy atom. The molecule has 2 aliphatic heterocycles. The highest BCUT2D eigenvalue weighted by Gasteiger charge is 2.53. The number of aromatic hydroxyl groups is 1. The van der Waals surface area contributed by atoms with Crippen molar-refractivity contribution in [3.05, 3.63) is 94.6 Å². The first-order valence-electron chi connectivity index (χ1n) is 10.3. The molecule has 0 aliphatic carbocycles. The van der Waals surface area contributed by atoms with Crippen LogP contribution in [0.5, 0.6) is 5.75 Å². The predicted molar refractivity (Wildman–Crippen MR) is 122 cm³/mol. The van der Waals surface area contributed by atoms with E-state index in [4.69, 9.17) is 11.6 Å². The van der Waals surface area contributed by atoms with Crippen LogP contribution in [0, 0.1) is 0 Å². The highest BCUT2D eigenvalue weighted by atomic mass is 35.5. The molecule has 6 rings (SSSR count). The van der Waals surface area contributed by atoms with Gasteiger partial charge in [0.1, 0.15) is 17.8 Å². The summed E-state index contributed by atoms with van der Waals surface area (Å²) in [6.45, 7) is 0. The summed E-state index contributed by atoms with van der Waals surface area (Å²) in [4.78, 5) is 33.5. The van der Waals surface area contributed by atoms with Crippen LogP contribution in [0.4, 0.5) is 10.5 Å². The lowest BCUT2D eigenvalue weighted by molar-refractivity contribution is -0.120. The van der Waals surface area contributed by atoms with Crippen LogP contribution >= 0.6 is 11.6 Å². The Bertz CT molecular complexity index is 1400. The highest BCUT2D eigenvalue weighted by Crippen LogP contribution is 2.45. The summed E-state index contributed by atoms with van der Waals surface area (Å²) in [6.07, 6.45) is 0.420. The van der Waals surface area contributed by atoms with Crippen LogP contribution in [-0.4, -0.2) is 33.0 Å². The number of aromatic nitrogens is 1. The van der Waals surface area contributed by atoms with Gasteiger partial charge in [-0.05, 0) is 53.6 Å². The topological polar surface area (TPSA) is 76.6 Å². The van der Waals surface area contributed by atoms with Crippen LogP contribution in [-0.2, 0) is 11.2 Å². The number of carbonyl (C=O) groups is 2. The summed E-state index contributed by atoms with van der Waals surface area (Å²) in [5.74, 6) is -0.159. The molecule has 0 bridgehead atoms. The number of aromatic amines is 1. The van der Waals surface area contributed by atoms with Crippen LogP contribution in [0.2, 0.25) is 5.02 Å². The maximum atomic E-state index is 13.7. The number of fused-ring (bicyclic) bond motifs is 4. The molecule has 7 heteroatoms. The standard InChI is InChI=1S/C25H18ClN3O3/c26-15-8-10-16(11-9-15)28-24(31)21-13-19-18-6-1-2-7-20(18)27-22(19)23(29(21)25(28)32)14-4-3-5-17(30)12-14/h1-12,21,23,27,30H,13H2/t21-,23-/m1/s1. The van der Waals surface area contributed by atoms with E-state index in [1.165, 1.54) is 4.90 Å². The molecule has 0 radical (unpaired) electrons. The van der Waals surface area contributed by atoms with Crippen LogP contribution in [0.3, 0.4) is 0 Å². The van der Waals surface area contributed by atoms with Gasteiger partial charge in [0.2, 0.25) is 0 Å². The molecule has 2 aliphatic rings. The van der Waals surface area contributed by atoms with Gasteiger partial charge >= 0.3 is 6.03 Å². The molecule has 0 unspecified atom stereocenters. The quantitative estimate of drug-likeness (QED) is 0.427. The second-order valence-electron chi connectivity index (χ2n) is 8.12. The van der Waals surface area contributed by atoms with E-state index in [9.17, 15) is 14.7 Å². The number of amides is 3. The van der Waals surface area contributed by atoms with Gasteiger partial charge in [-0.25, -0.2) is 9.69 Å². The average Bonchev–Trinajstić information content (AvgIpc) is 3.28. The molecular formula is C25H18ClN3O3. The van der Waals surface area contributed by atoms with E-state index >= 15 is 0 Å². The smallest absolute Gasteiger partial charge is 0.332 e. The molecule has 3 amide bonds. The molecule has 3 heterocycles. The Balaban J connectivity index is 1.55. The molecule has 0 saturated carbocycles. The third kappa shape index (κ3) is 2.66. The first kappa shape index (κ1) is 19.0. The number of benzene rings is 3. The molecular weight excluding hydrogens is 426 g/mol. The molecule has 158 valence electrons. The number of nitrogens with one attached hydrogen (secondary N) is 1. The molecule has 1 fully saturated rings. The van der Waals surface area contributed by atoms with E-state index < -0.39 is 12.1 Å². The Morgan fingerprint density at radius 3 is 2.53 bits per heavy atom. The van der Waals surface area contributed by atoms with Gasteiger partial charge in [0.05, 0.1) is 5.69 Å². The first-order valence-corrected chi connectivity index (χ1v) is 10.7. The SMILES string of the molecule is O=C1[C@H]2Cc3c([nH]c4ccccc34)[C@@H](c3cccc(O)c3)N2C(=O)N1c1ccc(Cl)cc1.